The fourth-order valence-electron chi connectivity index (χ4n) is 1.73. The number of carbonyl (C=O) groups excluding carboxylic acids is 1. The number of aromatic nitrogens is 1. The first-order chi connectivity index (χ1) is 8.72. The largest absolute Gasteiger partial charge is 0.347 e. The van der Waals surface area contributed by atoms with Crippen molar-refractivity contribution in [2.75, 3.05) is 11.1 Å². The van der Waals surface area contributed by atoms with Crippen molar-refractivity contribution in [2.24, 2.45) is 7.05 Å². The van der Waals surface area contributed by atoms with Crippen molar-refractivity contribution in [3.8, 4) is 0 Å². The quantitative estimate of drug-likeness (QED) is 0.855. The lowest BCUT2D eigenvalue weighted by molar-refractivity contribution is 0.101. The zero-order chi connectivity index (χ0) is 13.0. The van der Waals surface area contributed by atoms with Crippen LogP contribution in [0.4, 0.5) is 5.69 Å². The van der Waals surface area contributed by atoms with Crippen LogP contribution in [0.5, 0.6) is 0 Å². The van der Waals surface area contributed by atoms with E-state index >= 15 is 0 Å². The summed E-state index contributed by atoms with van der Waals surface area (Å²) in [5, 5.41) is 2.96. The predicted octanol–water partition coefficient (Wildman–Crippen LogP) is 3.39. The van der Waals surface area contributed by atoms with E-state index in [2.05, 4.69) is 12.2 Å². The zero-order valence-electron chi connectivity index (χ0n) is 10.5. The maximum absolute atomic E-state index is 12.1. The van der Waals surface area contributed by atoms with Crippen LogP contribution in [0, 0.1) is 0 Å². The van der Waals surface area contributed by atoms with Crippen molar-refractivity contribution >= 4 is 23.4 Å². The summed E-state index contributed by atoms with van der Waals surface area (Å²) in [5.74, 6) is 0.906. The van der Waals surface area contributed by atoms with Gasteiger partial charge < -0.3 is 9.88 Å². The molecule has 1 N–H and O–H groups in total. The molecule has 0 aliphatic heterocycles. The molecule has 0 saturated carbocycles. The van der Waals surface area contributed by atoms with E-state index in [1.54, 1.807) is 11.8 Å². The molecule has 0 bridgehead atoms. The van der Waals surface area contributed by atoms with Crippen LogP contribution in [0.25, 0.3) is 0 Å². The molecule has 0 aliphatic rings. The minimum Gasteiger partial charge on any atom is -0.347 e. The molecule has 0 saturated heterocycles. The molecule has 1 amide bonds. The van der Waals surface area contributed by atoms with E-state index in [0.29, 0.717) is 5.69 Å². The number of hydrogen-bond donors (Lipinski definition) is 1. The second-order valence-electron chi connectivity index (χ2n) is 3.89. The van der Waals surface area contributed by atoms with Crippen molar-refractivity contribution in [1.29, 1.82) is 0 Å². The van der Waals surface area contributed by atoms with Crippen LogP contribution < -0.4 is 5.32 Å². The van der Waals surface area contributed by atoms with E-state index in [4.69, 9.17) is 0 Å². The SMILES string of the molecule is CCSc1ccccc1NC(=O)c1cccn1C. The first kappa shape index (κ1) is 12.8. The smallest absolute Gasteiger partial charge is 0.272 e. The second-order valence-corrected chi connectivity index (χ2v) is 5.19. The normalized spacial score (nSPS) is 10.3. The van der Waals surface area contributed by atoms with Gasteiger partial charge in [0, 0.05) is 18.1 Å². The number of anilines is 1. The summed E-state index contributed by atoms with van der Waals surface area (Å²) >= 11 is 1.72. The van der Waals surface area contributed by atoms with Gasteiger partial charge in [0.05, 0.1) is 5.69 Å². The maximum atomic E-state index is 12.1. The second kappa shape index (κ2) is 5.78. The Morgan fingerprint density at radius 2 is 2.06 bits per heavy atom. The molecule has 3 nitrogen and oxygen atoms in total. The summed E-state index contributed by atoms with van der Waals surface area (Å²) in [4.78, 5) is 13.2. The minimum absolute atomic E-state index is 0.0772. The highest BCUT2D eigenvalue weighted by Crippen LogP contribution is 2.26. The molecule has 2 aromatic rings. The topological polar surface area (TPSA) is 34.0 Å². The summed E-state index contributed by atoms with van der Waals surface area (Å²) in [5.41, 5.74) is 1.53. The Morgan fingerprint density at radius 1 is 1.28 bits per heavy atom. The maximum Gasteiger partial charge on any atom is 0.272 e. The Morgan fingerprint density at radius 3 is 2.72 bits per heavy atom. The molecule has 4 heteroatoms. The van der Waals surface area contributed by atoms with E-state index in [9.17, 15) is 4.79 Å². The van der Waals surface area contributed by atoms with Gasteiger partial charge >= 0.3 is 0 Å². The number of para-hydroxylation sites is 1. The van der Waals surface area contributed by atoms with Crippen molar-refractivity contribution in [3.05, 3.63) is 48.3 Å². The highest BCUT2D eigenvalue weighted by molar-refractivity contribution is 7.99. The van der Waals surface area contributed by atoms with Crippen molar-refractivity contribution < 1.29 is 4.79 Å². The minimum atomic E-state index is -0.0772. The number of thioether (sulfide) groups is 1. The number of carbonyl (C=O) groups is 1. The number of benzene rings is 1. The number of nitrogens with one attached hydrogen (secondary N) is 1. The van der Waals surface area contributed by atoms with Gasteiger partial charge in [0.1, 0.15) is 5.69 Å². The summed E-state index contributed by atoms with van der Waals surface area (Å²) < 4.78 is 1.81. The molecule has 0 radical (unpaired) electrons. The lowest BCUT2D eigenvalue weighted by Crippen LogP contribution is -2.15. The van der Waals surface area contributed by atoms with Crippen LogP contribution in [0.2, 0.25) is 0 Å². The molecule has 1 aromatic carbocycles. The summed E-state index contributed by atoms with van der Waals surface area (Å²) in [6.45, 7) is 2.10. The third-order valence-corrected chi connectivity index (χ3v) is 3.57. The third-order valence-electron chi connectivity index (χ3n) is 2.61. The van der Waals surface area contributed by atoms with E-state index in [-0.39, 0.29) is 5.91 Å². The standard InChI is InChI=1S/C14H16N2OS/c1-3-18-13-9-5-4-7-11(13)15-14(17)12-8-6-10-16(12)2/h4-10H,3H2,1-2H3,(H,15,17). The first-order valence-corrected chi connectivity index (χ1v) is 6.85. The Labute approximate surface area is 111 Å². The number of hydrogen-bond acceptors (Lipinski definition) is 2. The van der Waals surface area contributed by atoms with Crippen molar-refractivity contribution in [3.63, 3.8) is 0 Å². The molecular formula is C14H16N2OS. The highest BCUT2D eigenvalue weighted by Gasteiger charge is 2.10. The molecule has 0 atom stereocenters. The van der Waals surface area contributed by atoms with E-state index in [0.717, 1.165) is 16.3 Å². The Kier molecular flexibility index (Phi) is 4.10. The van der Waals surface area contributed by atoms with Gasteiger partial charge in [-0.15, -0.1) is 11.8 Å². The molecule has 0 unspecified atom stereocenters. The molecule has 0 spiro atoms. The van der Waals surface area contributed by atoms with Gasteiger partial charge in [0.25, 0.3) is 5.91 Å². The Hall–Kier alpha value is -1.68. The summed E-state index contributed by atoms with van der Waals surface area (Å²) in [7, 11) is 1.86. The molecule has 2 rings (SSSR count). The van der Waals surface area contributed by atoms with Gasteiger partial charge in [-0.2, -0.15) is 0 Å². The molecule has 18 heavy (non-hydrogen) atoms. The van der Waals surface area contributed by atoms with E-state index < -0.39 is 0 Å². The van der Waals surface area contributed by atoms with Crippen LogP contribution >= 0.6 is 11.8 Å². The fraction of sp³-hybridized carbons (Fsp3) is 0.214. The predicted molar refractivity (Wildman–Crippen MR) is 76.2 cm³/mol. The number of aryl methyl sites for hydroxylation is 1. The Bertz CT molecular complexity index is 548. The van der Waals surface area contributed by atoms with Gasteiger partial charge in [-0.1, -0.05) is 19.1 Å². The van der Waals surface area contributed by atoms with Crippen LogP contribution in [0.3, 0.4) is 0 Å². The number of nitrogens with zero attached hydrogens (tertiary/aromatic N) is 1. The average Bonchev–Trinajstić information content (AvgIpc) is 2.78. The lowest BCUT2D eigenvalue weighted by Gasteiger charge is -2.10. The average molecular weight is 260 g/mol. The third kappa shape index (κ3) is 2.76. The van der Waals surface area contributed by atoms with Gasteiger partial charge in [0.2, 0.25) is 0 Å². The summed E-state index contributed by atoms with van der Waals surface area (Å²) in [6.07, 6.45) is 1.86. The fourth-order valence-corrected chi connectivity index (χ4v) is 2.50. The van der Waals surface area contributed by atoms with Crippen LogP contribution in [-0.2, 0) is 7.05 Å². The molecule has 0 fully saturated rings. The summed E-state index contributed by atoms with van der Waals surface area (Å²) in [6, 6.07) is 11.5. The van der Waals surface area contributed by atoms with Gasteiger partial charge in [-0.25, -0.2) is 0 Å². The van der Waals surface area contributed by atoms with Crippen LogP contribution in [0.1, 0.15) is 17.4 Å². The molecule has 94 valence electrons. The lowest BCUT2D eigenvalue weighted by atomic mass is 10.3. The van der Waals surface area contributed by atoms with E-state index in [1.165, 1.54) is 0 Å². The molecule has 1 aromatic heterocycles. The van der Waals surface area contributed by atoms with E-state index in [1.807, 2.05) is 54.2 Å². The van der Waals surface area contributed by atoms with Crippen LogP contribution in [0.15, 0.2) is 47.5 Å². The highest BCUT2D eigenvalue weighted by atomic mass is 32.2. The zero-order valence-corrected chi connectivity index (χ0v) is 11.3. The molecule has 1 heterocycles. The van der Waals surface area contributed by atoms with Crippen molar-refractivity contribution in [2.45, 2.75) is 11.8 Å². The van der Waals surface area contributed by atoms with Crippen molar-refractivity contribution in [1.82, 2.24) is 4.57 Å². The first-order valence-electron chi connectivity index (χ1n) is 5.87. The van der Waals surface area contributed by atoms with Gasteiger partial charge in [-0.05, 0) is 30.0 Å². The monoisotopic (exact) mass is 260 g/mol. The van der Waals surface area contributed by atoms with Crippen LogP contribution in [-0.4, -0.2) is 16.2 Å². The number of rotatable bonds is 4. The van der Waals surface area contributed by atoms with Gasteiger partial charge in [-0.3, -0.25) is 4.79 Å². The van der Waals surface area contributed by atoms with Gasteiger partial charge in [0.15, 0.2) is 0 Å². The Balaban J connectivity index is 2.19. The molecular weight excluding hydrogens is 244 g/mol. The molecule has 0 aliphatic carbocycles. The number of amides is 1.